The molecule has 0 saturated heterocycles. The SMILES string of the molecule is CC(=NCc1ccncc1)c1c(O)c2ccccc2n(-c2ccccc2)c1=O. The molecule has 0 aliphatic heterocycles. The Morgan fingerprint density at radius 2 is 1.68 bits per heavy atom. The van der Waals surface area contributed by atoms with Gasteiger partial charge in [-0.3, -0.25) is 19.3 Å². The second-order valence-electron chi connectivity index (χ2n) is 6.47. The second kappa shape index (κ2) is 7.48. The summed E-state index contributed by atoms with van der Waals surface area (Å²) in [5.74, 6) is -0.0382. The Morgan fingerprint density at radius 1 is 1.00 bits per heavy atom. The van der Waals surface area contributed by atoms with Crippen molar-refractivity contribution in [2.75, 3.05) is 0 Å². The summed E-state index contributed by atoms with van der Waals surface area (Å²) >= 11 is 0. The van der Waals surface area contributed by atoms with Crippen molar-refractivity contribution in [1.82, 2.24) is 9.55 Å². The van der Waals surface area contributed by atoms with Crippen molar-refractivity contribution < 1.29 is 5.11 Å². The zero-order valence-corrected chi connectivity index (χ0v) is 15.4. The minimum atomic E-state index is -0.293. The third kappa shape index (κ3) is 3.18. The van der Waals surface area contributed by atoms with E-state index >= 15 is 0 Å². The lowest BCUT2D eigenvalue weighted by atomic mass is 10.1. The number of para-hydroxylation sites is 2. The highest BCUT2D eigenvalue weighted by Gasteiger charge is 2.19. The summed E-state index contributed by atoms with van der Waals surface area (Å²) < 4.78 is 1.62. The molecule has 0 amide bonds. The van der Waals surface area contributed by atoms with Crippen LogP contribution in [0.3, 0.4) is 0 Å². The molecule has 0 bridgehead atoms. The quantitative estimate of drug-likeness (QED) is 0.551. The Kier molecular flexibility index (Phi) is 4.72. The van der Waals surface area contributed by atoms with Crippen LogP contribution >= 0.6 is 0 Å². The number of benzene rings is 2. The first-order valence-corrected chi connectivity index (χ1v) is 8.99. The smallest absolute Gasteiger partial charge is 0.268 e. The van der Waals surface area contributed by atoms with Gasteiger partial charge in [0.1, 0.15) is 11.3 Å². The highest BCUT2D eigenvalue weighted by Crippen LogP contribution is 2.28. The fourth-order valence-electron chi connectivity index (χ4n) is 3.26. The number of nitrogens with zero attached hydrogens (tertiary/aromatic N) is 3. The van der Waals surface area contributed by atoms with Crippen LogP contribution < -0.4 is 5.56 Å². The fourth-order valence-corrected chi connectivity index (χ4v) is 3.26. The molecule has 2 aromatic heterocycles. The molecule has 0 aliphatic rings. The van der Waals surface area contributed by atoms with Gasteiger partial charge in [0.15, 0.2) is 0 Å². The summed E-state index contributed by atoms with van der Waals surface area (Å²) in [6.45, 7) is 2.16. The Bertz CT molecular complexity index is 1210. The van der Waals surface area contributed by atoms with Gasteiger partial charge in [0, 0.05) is 29.2 Å². The summed E-state index contributed by atoms with van der Waals surface area (Å²) in [7, 11) is 0. The first kappa shape index (κ1) is 17.7. The third-order valence-corrected chi connectivity index (χ3v) is 4.68. The molecular weight excluding hydrogens is 350 g/mol. The van der Waals surface area contributed by atoms with E-state index in [1.165, 1.54) is 0 Å². The van der Waals surface area contributed by atoms with Crippen LogP contribution in [0.1, 0.15) is 18.1 Å². The van der Waals surface area contributed by atoms with Crippen molar-refractivity contribution in [3.05, 3.63) is 101 Å². The molecule has 138 valence electrons. The average molecular weight is 369 g/mol. The third-order valence-electron chi connectivity index (χ3n) is 4.68. The minimum Gasteiger partial charge on any atom is -0.506 e. The zero-order valence-electron chi connectivity index (χ0n) is 15.4. The topological polar surface area (TPSA) is 67.5 Å². The number of aliphatic imine (C=N–C) groups is 1. The number of fused-ring (bicyclic) bond motifs is 1. The van der Waals surface area contributed by atoms with Crippen molar-refractivity contribution in [3.63, 3.8) is 0 Å². The van der Waals surface area contributed by atoms with E-state index in [1.54, 1.807) is 23.9 Å². The van der Waals surface area contributed by atoms with Crippen molar-refractivity contribution in [2.24, 2.45) is 4.99 Å². The van der Waals surface area contributed by atoms with Gasteiger partial charge in [0.25, 0.3) is 5.56 Å². The van der Waals surface area contributed by atoms with Gasteiger partial charge in [-0.15, -0.1) is 0 Å². The van der Waals surface area contributed by atoms with Gasteiger partial charge in [-0.25, -0.2) is 0 Å². The van der Waals surface area contributed by atoms with Crippen LogP contribution in [0.15, 0.2) is 88.9 Å². The van der Waals surface area contributed by atoms with Crippen molar-refractivity contribution >= 4 is 16.6 Å². The van der Waals surface area contributed by atoms with Crippen molar-refractivity contribution in [1.29, 1.82) is 0 Å². The highest BCUT2D eigenvalue weighted by atomic mass is 16.3. The summed E-state index contributed by atoms with van der Waals surface area (Å²) in [6.07, 6.45) is 3.41. The van der Waals surface area contributed by atoms with E-state index in [-0.39, 0.29) is 16.9 Å². The molecule has 28 heavy (non-hydrogen) atoms. The lowest BCUT2D eigenvalue weighted by molar-refractivity contribution is 0.478. The van der Waals surface area contributed by atoms with E-state index in [9.17, 15) is 9.90 Å². The molecule has 0 aliphatic carbocycles. The molecule has 5 heteroatoms. The van der Waals surface area contributed by atoms with Crippen molar-refractivity contribution in [2.45, 2.75) is 13.5 Å². The van der Waals surface area contributed by atoms with E-state index in [0.29, 0.717) is 23.2 Å². The Balaban J connectivity index is 1.93. The molecular formula is C23H19N3O2. The lowest BCUT2D eigenvalue weighted by Gasteiger charge is -2.15. The average Bonchev–Trinajstić information content (AvgIpc) is 2.74. The highest BCUT2D eigenvalue weighted by molar-refractivity contribution is 6.05. The molecule has 4 rings (SSSR count). The van der Waals surface area contributed by atoms with Crippen LogP contribution in [-0.2, 0) is 6.54 Å². The standard InChI is InChI=1S/C23H19N3O2/c1-16(25-15-17-11-13-24-14-12-17)21-22(27)19-9-5-6-10-20(19)26(23(21)28)18-7-3-2-4-8-18/h2-14,27H,15H2,1H3. The predicted molar refractivity (Wildman–Crippen MR) is 111 cm³/mol. The van der Waals surface area contributed by atoms with Gasteiger partial charge >= 0.3 is 0 Å². The summed E-state index contributed by atoms with van der Waals surface area (Å²) in [6, 6.07) is 20.5. The van der Waals surface area contributed by atoms with Gasteiger partial charge in [0.05, 0.1) is 12.1 Å². The molecule has 0 fully saturated rings. The lowest BCUT2D eigenvalue weighted by Crippen LogP contribution is -2.25. The Hall–Kier alpha value is -3.73. The number of aromatic nitrogens is 2. The minimum absolute atomic E-state index is 0.0382. The molecule has 1 N–H and O–H groups in total. The van der Waals surface area contributed by atoms with E-state index in [0.717, 1.165) is 11.3 Å². The number of hydrogen-bond donors (Lipinski definition) is 1. The maximum atomic E-state index is 13.4. The zero-order chi connectivity index (χ0) is 19.5. The van der Waals surface area contributed by atoms with Crippen LogP contribution in [0.5, 0.6) is 5.75 Å². The monoisotopic (exact) mass is 369 g/mol. The van der Waals surface area contributed by atoms with Gasteiger partial charge in [0.2, 0.25) is 0 Å². The first-order valence-electron chi connectivity index (χ1n) is 8.99. The van der Waals surface area contributed by atoms with Crippen molar-refractivity contribution in [3.8, 4) is 11.4 Å². The molecule has 0 atom stereocenters. The van der Waals surface area contributed by atoms with Crippen LogP contribution in [0.2, 0.25) is 0 Å². The van der Waals surface area contributed by atoms with Gasteiger partial charge in [-0.2, -0.15) is 0 Å². The van der Waals surface area contributed by atoms with Gasteiger partial charge in [-0.1, -0.05) is 30.3 Å². The van der Waals surface area contributed by atoms with E-state index in [4.69, 9.17) is 0 Å². The molecule has 2 aromatic carbocycles. The number of pyridine rings is 2. The van der Waals surface area contributed by atoms with Crippen LogP contribution in [0.4, 0.5) is 0 Å². The summed E-state index contributed by atoms with van der Waals surface area (Å²) in [4.78, 5) is 21.9. The molecule has 0 unspecified atom stereocenters. The molecule has 0 radical (unpaired) electrons. The fraction of sp³-hybridized carbons (Fsp3) is 0.0870. The normalized spacial score (nSPS) is 11.7. The molecule has 0 saturated carbocycles. The molecule has 4 aromatic rings. The predicted octanol–water partition coefficient (Wildman–Crippen LogP) is 4.10. The van der Waals surface area contributed by atoms with E-state index < -0.39 is 0 Å². The molecule has 2 heterocycles. The summed E-state index contributed by atoms with van der Waals surface area (Å²) in [5.41, 5.74) is 2.80. The molecule has 0 spiro atoms. The Morgan fingerprint density at radius 3 is 2.43 bits per heavy atom. The van der Waals surface area contributed by atoms with E-state index in [1.807, 2.05) is 66.7 Å². The second-order valence-corrected chi connectivity index (χ2v) is 6.47. The van der Waals surface area contributed by atoms with Gasteiger partial charge in [-0.05, 0) is 48.9 Å². The Labute approximate surface area is 162 Å². The maximum Gasteiger partial charge on any atom is 0.268 e. The number of aromatic hydroxyl groups is 1. The van der Waals surface area contributed by atoms with Crippen LogP contribution in [0.25, 0.3) is 16.6 Å². The van der Waals surface area contributed by atoms with Crippen LogP contribution in [0, 0.1) is 0 Å². The molecule has 5 nitrogen and oxygen atoms in total. The van der Waals surface area contributed by atoms with E-state index in [2.05, 4.69) is 9.98 Å². The summed E-state index contributed by atoms with van der Waals surface area (Å²) in [5, 5.41) is 11.5. The number of rotatable bonds is 4. The van der Waals surface area contributed by atoms with Gasteiger partial charge < -0.3 is 5.11 Å². The first-order chi connectivity index (χ1) is 13.7. The largest absolute Gasteiger partial charge is 0.506 e. The maximum absolute atomic E-state index is 13.4. The van der Waals surface area contributed by atoms with Crippen LogP contribution in [-0.4, -0.2) is 20.4 Å². The number of hydrogen-bond acceptors (Lipinski definition) is 4.